The van der Waals surface area contributed by atoms with E-state index in [1.54, 1.807) is 0 Å². The first kappa shape index (κ1) is 11.3. The number of aryl methyl sites for hydroxylation is 1. The molecule has 0 radical (unpaired) electrons. The molecule has 0 saturated carbocycles. The summed E-state index contributed by atoms with van der Waals surface area (Å²) in [4.78, 5) is 0. The fourth-order valence-electron chi connectivity index (χ4n) is 1.98. The van der Waals surface area contributed by atoms with E-state index in [9.17, 15) is 0 Å². The molecule has 2 N–H and O–H groups in total. The third-order valence-electron chi connectivity index (χ3n) is 3.10. The summed E-state index contributed by atoms with van der Waals surface area (Å²) < 4.78 is 0. The van der Waals surface area contributed by atoms with Crippen LogP contribution in [0.5, 0.6) is 0 Å². The van der Waals surface area contributed by atoms with Gasteiger partial charge in [-0.25, -0.2) is 0 Å². The van der Waals surface area contributed by atoms with Crippen molar-refractivity contribution < 1.29 is 0 Å². The topological polar surface area (TPSA) is 26.0 Å². The number of rotatable bonds is 3. The fourth-order valence-corrected chi connectivity index (χ4v) is 1.98. The van der Waals surface area contributed by atoms with Gasteiger partial charge in [-0.15, -0.1) is 0 Å². The largest absolute Gasteiger partial charge is 0.330 e. The third-order valence-corrected chi connectivity index (χ3v) is 3.10. The number of hydrogen-bond acceptors (Lipinski definition) is 1. The molecule has 0 aliphatic heterocycles. The van der Waals surface area contributed by atoms with Crippen LogP contribution in [0.1, 0.15) is 37.0 Å². The van der Waals surface area contributed by atoms with Crippen LogP contribution < -0.4 is 5.73 Å². The van der Waals surface area contributed by atoms with Gasteiger partial charge in [0.2, 0.25) is 0 Å². The summed E-state index contributed by atoms with van der Waals surface area (Å²) in [6, 6.07) is 6.52. The van der Waals surface area contributed by atoms with Crippen molar-refractivity contribution in [3.63, 3.8) is 0 Å². The molecule has 0 heterocycles. The zero-order valence-corrected chi connectivity index (χ0v) is 9.72. The van der Waals surface area contributed by atoms with Crippen LogP contribution in [0.2, 0.25) is 0 Å². The minimum Gasteiger partial charge on any atom is -0.330 e. The Kier molecular flexibility index (Phi) is 3.33. The maximum atomic E-state index is 5.64. The molecule has 1 aromatic rings. The molecule has 0 aliphatic rings. The van der Waals surface area contributed by atoms with Crippen molar-refractivity contribution in [3.05, 3.63) is 34.9 Å². The Morgan fingerprint density at radius 3 is 2.43 bits per heavy atom. The van der Waals surface area contributed by atoms with Crippen LogP contribution >= 0.6 is 0 Å². The highest BCUT2D eigenvalue weighted by atomic mass is 14.5. The molecule has 0 unspecified atom stereocenters. The molecule has 0 fully saturated rings. The quantitative estimate of drug-likeness (QED) is 0.781. The van der Waals surface area contributed by atoms with Crippen molar-refractivity contribution in [1.82, 2.24) is 0 Å². The van der Waals surface area contributed by atoms with Gasteiger partial charge in [0.05, 0.1) is 0 Å². The SMILES string of the molecule is Cc1cccc(C(C)(C)CCN)c1C. The average molecular weight is 191 g/mol. The van der Waals surface area contributed by atoms with Gasteiger partial charge >= 0.3 is 0 Å². The molecular weight excluding hydrogens is 170 g/mol. The van der Waals surface area contributed by atoms with E-state index in [1.807, 2.05) is 0 Å². The third kappa shape index (κ3) is 2.16. The summed E-state index contributed by atoms with van der Waals surface area (Å²) in [7, 11) is 0. The zero-order valence-electron chi connectivity index (χ0n) is 9.72. The number of benzene rings is 1. The maximum Gasteiger partial charge on any atom is -0.00690 e. The summed E-state index contributed by atoms with van der Waals surface area (Å²) in [5.41, 5.74) is 10.0. The first-order chi connectivity index (χ1) is 6.49. The highest BCUT2D eigenvalue weighted by molar-refractivity contribution is 5.37. The van der Waals surface area contributed by atoms with Crippen LogP contribution in [0.4, 0.5) is 0 Å². The van der Waals surface area contributed by atoms with E-state index >= 15 is 0 Å². The Morgan fingerprint density at radius 2 is 1.86 bits per heavy atom. The molecule has 1 rings (SSSR count). The van der Waals surface area contributed by atoms with E-state index < -0.39 is 0 Å². The van der Waals surface area contributed by atoms with Crippen LogP contribution in [0.25, 0.3) is 0 Å². The summed E-state index contributed by atoms with van der Waals surface area (Å²) in [5, 5.41) is 0. The number of hydrogen-bond donors (Lipinski definition) is 1. The standard InChI is InChI=1S/C13H21N/c1-10-6-5-7-12(11(10)2)13(3,4)8-9-14/h5-7H,8-9,14H2,1-4H3. The molecule has 1 aromatic carbocycles. The van der Waals surface area contributed by atoms with Crippen LogP contribution in [0, 0.1) is 13.8 Å². The summed E-state index contributed by atoms with van der Waals surface area (Å²) in [5.74, 6) is 0. The molecule has 0 aromatic heterocycles. The molecule has 0 bridgehead atoms. The molecule has 1 nitrogen and oxygen atoms in total. The van der Waals surface area contributed by atoms with Crippen LogP contribution in [0.15, 0.2) is 18.2 Å². The van der Waals surface area contributed by atoms with Gasteiger partial charge in [-0.3, -0.25) is 0 Å². The van der Waals surface area contributed by atoms with E-state index in [-0.39, 0.29) is 5.41 Å². The van der Waals surface area contributed by atoms with Gasteiger partial charge < -0.3 is 5.73 Å². The van der Waals surface area contributed by atoms with Crippen LogP contribution in [-0.2, 0) is 5.41 Å². The Morgan fingerprint density at radius 1 is 1.21 bits per heavy atom. The van der Waals surface area contributed by atoms with Gasteiger partial charge in [0.15, 0.2) is 0 Å². The highest BCUT2D eigenvalue weighted by Crippen LogP contribution is 2.30. The van der Waals surface area contributed by atoms with Crippen LogP contribution in [0.3, 0.4) is 0 Å². The van der Waals surface area contributed by atoms with E-state index in [0.717, 1.165) is 13.0 Å². The molecule has 78 valence electrons. The second-order valence-corrected chi connectivity index (χ2v) is 4.67. The van der Waals surface area contributed by atoms with Crippen molar-refractivity contribution in [2.24, 2.45) is 5.73 Å². The molecule has 0 saturated heterocycles. The van der Waals surface area contributed by atoms with Crippen molar-refractivity contribution in [3.8, 4) is 0 Å². The highest BCUT2D eigenvalue weighted by Gasteiger charge is 2.21. The lowest BCUT2D eigenvalue weighted by Crippen LogP contribution is -2.23. The minimum atomic E-state index is 0.199. The molecule has 0 spiro atoms. The molecule has 0 atom stereocenters. The normalized spacial score (nSPS) is 11.8. The predicted octanol–water partition coefficient (Wildman–Crippen LogP) is 2.93. The lowest BCUT2D eigenvalue weighted by atomic mass is 9.78. The first-order valence-electron chi connectivity index (χ1n) is 5.26. The molecular formula is C13H21N. The maximum absolute atomic E-state index is 5.64. The van der Waals surface area contributed by atoms with E-state index in [4.69, 9.17) is 5.73 Å². The Labute approximate surface area is 87.3 Å². The lowest BCUT2D eigenvalue weighted by molar-refractivity contribution is 0.484. The molecule has 14 heavy (non-hydrogen) atoms. The minimum absolute atomic E-state index is 0.199. The number of nitrogens with two attached hydrogens (primary N) is 1. The Hall–Kier alpha value is -0.820. The van der Waals surface area contributed by atoms with Gasteiger partial charge in [-0.1, -0.05) is 32.0 Å². The van der Waals surface area contributed by atoms with Gasteiger partial charge in [-0.2, -0.15) is 0 Å². The second-order valence-electron chi connectivity index (χ2n) is 4.67. The molecule has 0 aliphatic carbocycles. The van der Waals surface area contributed by atoms with Crippen molar-refractivity contribution >= 4 is 0 Å². The zero-order chi connectivity index (χ0) is 10.8. The first-order valence-corrected chi connectivity index (χ1v) is 5.26. The van der Waals surface area contributed by atoms with Gasteiger partial charge in [0.1, 0.15) is 0 Å². The molecule has 1 heteroatoms. The molecule has 0 amide bonds. The smallest absolute Gasteiger partial charge is 0.00690 e. The summed E-state index contributed by atoms with van der Waals surface area (Å²) >= 11 is 0. The fraction of sp³-hybridized carbons (Fsp3) is 0.538. The average Bonchev–Trinajstić information content (AvgIpc) is 2.09. The van der Waals surface area contributed by atoms with Crippen molar-refractivity contribution in [2.45, 2.75) is 39.5 Å². The van der Waals surface area contributed by atoms with Gasteiger partial charge in [0.25, 0.3) is 0 Å². The Balaban J connectivity index is 3.12. The van der Waals surface area contributed by atoms with Gasteiger partial charge in [-0.05, 0) is 48.9 Å². The van der Waals surface area contributed by atoms with Crippen LogP contribution in [-0.4, -0.2) is 6.54 Å². The van der Waals surface area contributed by atoms with E-state index in [0.29, 0.717) is 0 Å². The monoisotopic (exact) mass is 191 g/mol. The Bertz CT molecular complexity index is 313. The lowest BCUT2D eigenvalue weighted by Gasteiger charge is -2.27. The van der Waals surface area contributed by atoms with Gasteiger partial charge in [0, 0.05) is 0 Å². The van der Waals surface area contributed by atoms with E-state index in [1.165, 1.54) is 16.7 Å². The van der Waals surface area contributed by atoms with E-state index in [2.05, 4.69) is 45.9 Å². The predicted molar refractivity (Wildman–Crippen MR) is 62.6 cm³/mol. The summed E-state index contributed by atoms with van der Waals surface area (Å²) in [6.07, 6.45) is 1.04. The van der Waals surface area contributed by atoms with Crippen molar-refractivity contribution in [1.29, 1.82) is 0 Å². The van der Waals surface area contributed by atoms with Crippen molar-refractivity contribution in [2.75, 3.05) is 6.54 Å². The second kappa shape index (κ2) is 4.14. The summed E-state index contributed by atoms with van der Waals surface area (Å²) in [6.45, 7) is 9.64.